The van der Waals surface area contributed by atoms with Crippen LogP contribution < -0.4 is 10.1 Å². The van der Waals surface area contributed by atoms with E-state index in [0.717, 1.165) is 25.3 Å². The average Bonchev–Trinajstić information content (AvgIpc) is 2.40. The highest BCUT2D eigenvalue weighted by molar-refractivity contribution is 5.27. The highest BCUT2D eigenvalue weighted by atomic mass is 16.5. The molecule has 0 aliphatic rings. The summed E-state index contributed by atoms with van der Waals surface area (Å²) in [6.07, 6.45) is 1.08. The molecule has 0 aliphatic carbocycles. The van der Waals surface area contributed by atoms with Crippen LogP contribution in [0.2, 0.25) is 0 Å². The molecule has 0 saturated carbocycles. The van der Waals surface area contributed by atoms with Gasteiger partial charge in [-0.2, -0.15) is 0 Å². The lowest BCUT2D eigenvalue weighted by atomic mass is 10.1. The molecular formula is C17H29NO2. The fourth-order valence-corrected chi connectivity index (χ4v) is 1.88. The Morgan fingerprint density at radius 2 is 1.75 bits per heavy atom. The molecule has 1 atom stereocenters. The van der Waals surface area contributed by atoms with Crippen LogP contribution in [0.4, 0.5) is 0 Å². The molecule has 0 aromatic heterocycles. The predicted octanol–water partition coefficient (Wildman–Crippen LogP) is 3.22. The molecule has 0 unspecified atom stereocenters. The Kier molecular flexibility index (Phi) is 7.63. The Hall–Kier alpha value is -1.06. The zero-order chi connectivity index (χ0) is 15.0. The van der Waals surface area contributed by atoms with Crippen LogP contribution in [0.5, 0.6) is 5.75 Å². The molecule has 20 heavy (non-hydrogen) atoms. The van der Waals surface area contributed by atoms with Gasteiger partial charge < -0.3 is 15.2 Å². The van der Waals surface area contributed by atoms with Crippen LogP contribution in [0.3, 0.4) is 0 Å². The van der Waals surface area contributed by atoms with Crippen molar-refractivity contribution in [2.75, 3.05) is 13.2 Å². The maximum atomic E-state index is 9.28. The fourth-order valence-electron chi connectivity index (χ4n) is 1.88. The van der Waals surface area contributed by atoms with Gasteiger partial charge in [-0.25, -0.2) is 0 Å². The predicted molar refractivity (Wildman–Crippen MR) is 83.9 cm³/mol. The minimum Gasteiger partial charge on any atom is -0.494 e. The summed E-state index contributed by atoms with van der Waals surface area (Å²) in [4.78, 5) is 0. The van der Waals surface area contributed by atoms with Gasteiger partial charge in [-0.3, -0.25) is 0 Å². The number of hydrogen-bond donors (Lipinski definition) is 2. The Bertz CT molecular complexity index is 360. The van der Waals surface area contributed by atoms with E-state index >= 15 is 0 Å². The topological polar surface area (TPSA) is 41.5 Å². The van der Waals surface area contributed by atoms with Gasteiger partial charge in [-0.05, 0) is 36.0 Å². The Morgan fingerprint density at radius 3 is 2.25 bits per heavy atom. The van der Waals surface area contributed by atoms with Crippen LogP contribution in [-0.2, 0) is 6.54 Å². The molecule has 1 aromatic rings. The molecule has 3 heteroatoms. The third-order valence-electron chi connectivity index (χ3n) is 3.46. The zero-order valence-corrected chi connectivity index (χ0v) is 13.2. The first-order chi connectivity index (χ1) is 9.52. The van der Waals surface area contributed by atoms with Gasteiger partial charge in [0.05, 0.1) is 13.2 Å². The van der Waals surface area contributed by atoms with Gasteiger partial charge in [0.15, 0.2) is 0 Å². The summed E-state index contributed by atoms with van der Waals surface area (Å²) in [6.45, 7) is 10.3. The van der Waals surface area contributed by atoms with Gasteiger partial charge >= 0.3 is 0 Å². The van der Waals surface area contributed by atoms with E-state index in [2.05, 4.69) is 45.1 Å². The van der Waals surface area contributed by atoms with Crippen molar-refractivity contribution < 1.29 is 9.84 Å². The molecule has 0 heterocycles. The first-order valence-electron chi connectivity index (χ1n) is 7.59. The van der Waals surface area contributed by atoms with E-state index in [0.29, 0.717) is 11.8 Å². The van der Waals surface area contributed by atoms with E-state index in [1.165, 1.54) is 5.56 Å². The van der Waals surface area contributed by atoms with Crippen LogP contribution in [0.25, 0.3) is 0 Å². The van der Waals surface area contributed by atoms with Crippen molar-refractivity contribution in [2.45, 2.75) is 46.7 Å². The van der Waals surface area contributed by atoms with Gasteiger partial charge in [-0.15, -0.1) is 0 Å². The maximum absolute atomic E-state index is 9.28. The Morgan fingerprint density at radius 1 is 1.10 bits per heavy atom. The molecule has 1 aromatic carbocycles. The second-order valence-corrected chi connectivity index (χ2v) is 6.09. The van der Waals surface area contributed by atoms with Crippen molar-refractivity contribution >= 4 is 0 Å². The van der Waals surface area contributed by atoms with Crippen LogP contribution in [0.15, 0.2) is 24.3 Å². The molecule has 0 bridgehead atoms. The molecule has 0 amide bonds. The number of hydrogen-bond acceptors (Lipinski definition) is 3. The molecule has 0 fully saturated rings. The smallest absolute Gasteiger partial charge is 0.119 e. The van der Waals surface area contributed by atoms with Crippen molar-refractivity contribution in [3.8, 4) is 5.75 Å². The highest BCUT2D eigenvalue weighted by Crippen LogP contribution is 2.14. The summed E-state index contributed by atoms with van der Waals surface area (Å²) in [6, 6.07) is 8.33. The number of aliphatic hydroxyl groups excluding tert-OH is 1. The van der Waals surface area contributed by atoms with Crippen molar-refractivity contribution in [1.29, 1.82) is 0 Å². The van der Waals surface area contributed by atoms with Gasteiger partial charge in [0.2, 0.25) is 0 Å². The number of ether oxygens (including phenoxy) is 1. The van der Waals surface area contributed by atoms with Crippen molar-refractivity contribution in [1.82, 2.24) is 5.32 Å². The van der Waals surface area contributed by atoms with Crippen LogP contribution >= 0.6 is 0 Å². The third kappa shape index (κ3) is 6.40. The Labute approximate surface area is 123 Å². The highest BCUT2D eigenvalue weighted by Gasteiger charge is 2.10. The number of nitrogens with one attached hydrogen (secondary N) is 1. The molecule has 2 N–H and O–H groups in total. The summed E-state index contributed by atoms with van der Waals surface area (Å²) >= 11 is 0. The summed E-state index contributed by atoms with van der Waals surface area (Å²) < 4.78 is 5.70. The number of aliphatic hydroxyl groups is 1. The lowest BCUT2D eigenvalue weighted by Crippen LogP contribution is -2.36. The van der Waals surface area contributed by atoms with Crippen molar-refractivity contribution in [2.24, 2.45) is 11.8 Å². The monoisotopic (exact) mass is 279 g/mol. The minimum absolute atomic E-state index is 0.150. The van der Waals surface area contributed by atoms with Gasteiger partial charge in [0.25, 0.3) is 0 Å². The van der Waals surface area contributed by atoms with Gasteiger partial charge in [0.1, 0.15) is 5.75 Å². The molecule has 0 saturated heterocycles. The normalized spacial score (nSPS) is 12.9. The molecule has 0 aliphatic heterocycles. The quantitative estimate of drug-likeness (QED) is 0.729. The van der Waals surface area contributed by atoms with Crippen LogP contribution in [0, 0.1) is 11.8 Å². The summed E-state index contributed by atoms with van der Waals surface area (Å²) in [5.41, 5.74) is 1.21. The summed E-state index contributed by atoms with van der Waals surface area (Å²) in [5.74, 6) is 2.03. The largest absolute Gasteiger partial charge is 0.494 e. The van der Waals surface area contributed by atoms with E-state index in [-0.39, 0.29) is 12.6 Å². The second kappa shape index (κ2) is 8.98. The summed E-state index contributed by atoms with van der Waals surface area (Å²) in [5, 5.41) is 12.6. The van der Waals surface area contributed by atoms with Crippen LogP contribution in [0.1, 0.15) is 39.7 Å². The zero-order valence-electron chi connectivity index (χ0n) is 13.2. The van der Waals surface area contributed by atoms with Crippen molar-refractivity contribution in [3.05, 3.63) is 29.8 Å². The number of rotatable bonds is 9. The molecule has 1 rings (SSSR count). The van der Waals surface area contributed by atoms with E-state index in [1.807, 2.05) is 12.1 Å². The second-order valence-electron chi connectivity index (χ2n) is 6.09. The molecule has 0 radical (unpaired) electrons. The first kappa shape index (κ1) is 17.0. The molecular weight excluding hydrogens is 250 g/mol. The van der Waals surface area contributed by atoms with Gasteiger partial charge in [0, 0.05) is 12.6 Å². The standard InChI is InChI=1S/C17H29NO2/c1-13(2)9-10-20-16-7-5-15(6-8-16)11-18-17(12-19)14(3)4/h5-8,13-14,17-19H,9-12H2,1-4H3/t17-/m1/s1. The lowest BCUT2D eigenvalue weighted by molar-refractivity contribution is 0.210. The lowest BCUT2D eigenvalue weighted by Gasteiger charge is -2.20. The van der Waals surface area contributed by atoms with E-state index in [1.54, 1.807) is 0 Å². The fraction of sp³-hybridized carbons (Fsp3) is 0.647. The van der Waals surface area contributed by atoms with E-state index < -0.39 is 0 Å². The number of benzene rings is 1. The van der Waals surface area contributed by atoms with Crippen LogP contribution in [-0.4, -0.2) is 24.4 Å². The first-order valence-corrected chi connectivity index (χ1v) is 7.59. The van der Waals surface area contributed by atoms with E-state index in [9.17, 15) is 5.11 Å². The SMILES string of the molecule is CC(C)CCOc1ccc(CN[C@H](CO)C(C)C)cc1. The minimum atomic E-state index is 0.150. The van der Waals surface area contributed by atoms with Crippen molar-refractivity contribution in [3.63, 3.8) is 0 Å². The summed E-state index contributed by atoms with van der Waals surface area (Å²) in [7, 11) is 0. The van der Waals surface area contributed by atoms with Gasteiger partial charge in [-0.1, -0.05) is 39.8 Å². The molecule has 114 valence electrons. The maximum Gasteiger partial charge on any atom is 0.119 e. The molecule has 0 spiro atoms. The average molecular weight is 279 g/mol. The van der Waals surface area contributed by atoms with E-state index in [4.69, 9.17) is 4.74 Å². The molecule has 3 nitrogen and oxygen atoms in total. The Balaban J connectivity index is 2.38. The third-order valence-corrected chi connectivity index (χ3v) is 3.46.